The predicted octanol–water partition coefficient (Wildman–Crippen LogP) is 6.53. The third-order valence-corrected chi connectivity index (χ3v) is 5.00. The smallest absolute Gasteiger partial charge is 0.413 e. The van der Waals surface area contributed by atoms with E-state index in [0.717, 1.165) is 21.4 Å². The second kappa shape index (κ2) is 8.19. The van der Waals surface area contributed by atoms with Gasteiger partial charge >= 0.3 is 6.09 Å². The first-order valence-electron chi connectivity index (χ1n) is 8.56. The van der Waals surface area contributed by atoms with Crippen molar-refractivity contribution in [3.8, 4) is 0 Å². The number of amides is 1. The molecular formula is C21H21ClN2O2S. The third kappa shape index (κ3) is 5.62. The fraction of sp³-hybridized carbons (Fsp3) is 0.238. The number of nitrogens with zero attached hydrogens (tertiary/aromatic N) is 1. The van der Waals surface area contributed by atoms with Gasteiger partial charge in [-0.15, -0.1) is 11.8 Å². The molecule has 1 N–H and O–H groups in total. The summed E-state index contributed by atoms with van der Waals surface area (Å²) in [6.07, 6.45) is 1.13. The molecule has 2 aromatic carbocycles. The molecule has 1 heterocycles. The molecule has 0 aliphatic heterocycles. The quantitative estimate of drug-likeness (QED) is 0.506. The van der Waals surface area contributed by atoms with E-state index < -0.39 is 11.7 Å². The summed E-state index contributed by atoms with van der Waals surface area (Å²) in [4.78, 5) is 17.3. The highest BCUT2D eigenvalue weighted by atomic mass is 35.5. The molecule has 0 unspecified atom stereocenters. The lowest BCUT2D eigenvalue weighted by atomic mass is 10.2. The number of hydrogen-bond acceptors (Lipinski definition) is 4. The number of halogens is 1. The third-order valence-electron chi connectivity index (χ3n) is 3.64. The molecule has 140 valence electrons. The zero-order valence-electron chi connectivity index (χ0n) is 15.5. The molecule has 0 atom stereocenters. The number of thioether (sulfide) groups is 1. The number of rotatable bonds is 4. The van der Waals surface area contributed by atoms with E-state index in [1.807, 2.05) is 45.0 Å². The van der Waals surface area contributed by atoms with Crippen LogP contribution in [0.15, 0.2) is 59.6 Å². The summed E-state index contributed by atoms with van der Waals surface area (Å²) in [5.74, 6) is 1.29. The highest BCUT2D eigenvalue weighted by Crippen LogP contribution is 2.32. The molecule has 0 bridgehead atoms. The van der Waals surface area contributed by atoms with Crippen LogP contribution < -0.4 is 5.32 Å². The number of benzene rings is 2. The number of carbonyl (C=O) groups is 1. The van der Waals surface area contributed by atoms with E-state index in [9.17, 15) is 4.79 Å². The average molecular weight is 401 g/mol. The van der Waals surface area contributed by atoms with Gasteiger partial charge in [0.05, 0.1) is 5.02 Å². The minimum Gasteiger partial charge on any atom is -0.444 e. The van der Waals surface area contributed by atoms with Crippen LogP contribution in [0.3, 0.4) is 0 Å². The van der Waals surface area contributed by atoms with E-state index in [4.69, 9.17) is 16.3 Å². The molecule has 0 spiro atoms. The van der Waals surface area contributed by atoms with Gasteiger partial charge in [0.15, 0.2) is 0 Å². The topological polar surface area (TPSA) is 51.2 Å². The van der Waals surface area contributed by atoms with Crippen molar-refractivity contribution in [2.24, 2.45) is 0 Å². The van der Waals surface area contributed by atoms with Crippen molar-refractivity contribution in [1.29, 1.82) is 0 Å². The molecule has 3 aromatic rings. The molecule has 1 aromatic heterocycles. The molecule has 1 amide bonds. The van der Waals surface area contributed by atoms with Crippen molar-refractivity contribution in [2.75, 3.05) is 5.32 Å². The van der Waals surface area contributed by atoms with Crippen LogP contribution in [-0.2, 0) is 10.5 Å². The Hall–Kier alpha value is -2.24. The number of ether oxygens (including phenoxy) is 1. The lowest BCUT2D eigenvalue weighted by Crippen LogP contribution is -2.27. The van der Waals surface area contributed by atoms with Crippen LogP contribution in [0, 0.1) is 0 Å². The number of hydrogen-bond donors (Lipinski definition) is 1. The first-order chi connectivity index (χ1) is 12.8. The van der Waals surface area contributed by atoms with Gasteiger partial charge in [0.1, 0.15) is 11.4 Å². The van der Waals surface area contributed by atoms with Gasteiger partial charge in [-0.3, -0.25) is 5.32 Å². The predicted molar refractivity (Wildman–Crippen MR) is 113 cm³/mol. The fourth-order valence-electron chi connectivity index (χ4n) is 2.49. The highest BCUT2D eigenvalue weighted by molar-refractivity contribution is 7.98. The van der Waals surface area contributed by atoms with Gasteiger partial charge in [-0.2, -0.15) is 0 Å². The highest BCUT2D eigenvalue weighted by Gasteiger charge is 2.16. The Morgan fingerprint density at radius 3 is 2.63 bits per heavy atom. The van der Waals surface area contributed by atoms with Crippen molar-refractivity contribution >= 4 is 46.0 Å². The number of fused-ring (bicyclic) bond motifs is 1. The first-order valence-corrected chi connectivity index (χ1v) is 9.92. The molecule has 0 radical (unpaired) electrons. The Morgan fingerprint density at radius 1 is 1.19 bits per heavy atom. The number of anilines is 1. The van der Waals surface area contributed by atoms with E-state index in [1.54, 1.807) is 24.0 Å². The van der Waals surface area contributed by atoms with E-state index in [-0.39, 0.29) is 0 Å². The first kappa shape index (κ1) is 19.5. The Labute approximate surface area is 168 Å². The van der Waals surface area contributed by atoms with Gasteiger partial charge in [-0.05, 0) is 49.9 Å². The maximum atomic E-state index is 12.0. The van der Waals surface area contributed by atoms with Crippen LogP contribution in [0.25, 0.3) is 10.8 Å². The van der Waals surface area contributed by atoms with Gasteiger partial charge < -0.3 is 4.74 Å². The van der Waals surface area contributed by atoms with Gasteiger partial charge in [-0.1, -0.05) is 41.9 Å². The van der Waals surface area contributed by atoms with Crippen molar-refractivity contribution in [1.82, 2.24) is 4.98 Å². The molecule has 0 aliphatic rings. The van der Waals surface area contributed by atoms with Crippen LogP contribution in [0.1, 0.15) is 26.3 Å². The maximum absolute atomic E-state index is 12.0. The zero-order valence-corrected chi connectivity index (χ0v) is 17.0. The average Bonchev–Trinajstić information content (AvgIpc) is 2.59. The fourth-order valence-corrected chi connectivity index (χ4v) is 3.77. The van der Waals surface area contributed by atoms with Crippen LogP contribution in [-0.4, -0.2) is 16.7 Å². The number of aromatic nitrogens is 1. The lowest BCUT2D eigenvalue weighted by molar-refractivity contribution is 0.0635. The SMILES string of the molecule is CC(C)(C)OC(=O)Nc1cc2cc(SCc3ccccc3)cc(Cl)c2cn1. The van der Waals surface area contributed by atoms with Crippen LogP contribution in [0.4, 0.5) is 10.6 Å². The molecule has 4 nitrogen and oxygen atoms in total. The minimum atomic E-state index is -0.564. The Kier molecular flexibility index (Phi) is 5.92. The number of carbonyl (C=O) groups excluding carboxylic acids is 1. The molecule has 27 heavy (non-hydrogen) atoms. The van der Waals surface area contributed by atoms with E-state index in [0.29, 0.717) is 10.8 Å². The maximum Gasteiger partial charge on any atom is 0.413 e. The number of pyridine rings is 1. The summed E-state index contributed by atoms with van der Waals surface area (Å²) < 4.78 is 5.27. The number of nitrogens with one attached hydrogen (secondary N) is 1. The van der Waals surface area contributed by atoms with E-state index in [1.165, 1.54) is 5.56 Å². The molecular weight excluding hydrogens is 380 g/mol. The monoisotopic (exact) mass is 400 g/mol. The van der Waals surface area contributed by atoms with Gasteiger partial charge in [0.25, 0.3) is 0 Å². The summed E-state index contributed by atoms with van der Waals surface area (Å²) in [6.45, 7) is 5.45. The standard InChI is InChI=1S/C21H21ClN2O2S/c1-21(2,3)26-20(25)24-19-10-15-9-16(11-18(22)17(15)12-23-19)27-13-14-7-5-4-6-8-14/h4-12H,13H2,1-3H3,(H,23,24,25). The van der Waals surface area contributed by atoms with Gasteiger partial charge in [0.2, 0.25) is 0 Å². The van der Waals surface area contributed by atoms with Crippen molar-refractivity contribution in [2.45, 2.75) is 37.0 Å². The minimum absolute atomic E-state index is 0.429. The van der Waals surface area contributed by atoms with E-state index >= 15 is 0 Å². The summed E-state index contributed by atoms with van der Waals surface area (Å²) in [7, 11) is 0. The Morgan fingerprint density at radius 2 is 1.93 bits per heavy atom. The summed E-state index contributed by atoms with van der Waals surface area (Å²) in [6, 6.07) is 16.1. The molecule has 6 heteroatoms. The van der Waals surface area contributed by atoms with Gasteiger partial charge in [0, 0.05) is 22.2 Å². The van der Waals surface area contributed by atoms with Crippen molar-refractivity contribution in [3.63, 3.8) is 0 Å². The van der Waals surface area contributed by atoms with Crippen molar-refractivity contribution in [3.05, 3.63) is 65.3 Å². The van der Waals surface area contributed by atoms with Crippen LogP contribution in [0.5, 0.6) is 0 Å². The summed E-state index contributed by atoms with van der Waals surface area (Å²) in [5, 5.41) is 5.06. The van der Waals surface area contributed by atoms with Crippen LogP contribution in [0.2, 0.25) is 5.02 Å². The Balaban J connectivity index is 1.79. The molecule has 0 aliphatic carbocycles. The van der Waals surface area contributed by atoms with Crippen LogP contribution >= 0.6 is 23.4 Å². The van der Waals surface area contributed by atoms with Gasteiger partial charge in [-0.25, -0.2) is 9.78 Å². The molecule has 3 rings (SSSR count). The normalized spacial score (nSPS) is 11.4. The largest absolute Gasteiger partial charge is 0.444 e. The van der Waals surface area contributed by atoms with Crippen molar-refractivity contribution < 1.29 is 9.53 Å². The zero-order chi connectivity index (χ0) is 19.4. The lowest BCUT2D eigenvalue weighted by Gasteiger charge is -2.19. The van der Waals surface area contributed by atoms with E-state index in [2.05, 4.69) is 28.5 Å². The molecule has 0 saturated carbocycles. The molecule has 0 fully saturated rings. The summed E-state index contributed by atoms with van der Waals surface area (Å²) in [5.41, 5.74) is 0.687. The Bertz CT molecular complexity index is 956. The second-order valence-electron chi connectivity index (χ2n) is 7.10. The summed E-state index contributed by atoms with van der Waals surface area (Å²) >= 11 is 8.14. The second-order valence-corrected chi connectivity index (χ2v) is 8.55. The molecule has 0 saturated heterocycles.